The van der Waals surface area contributed by atoms with Gasteiger partial charge in [0.2, 0.25) is 5.91 Å². The van der Waals surface area contributed by atoms with E-state index in [9.17, 15) is 4.79 Å². The molecule has 1 saturated heterocycles. The van der Waals surface area contributed by atoms with E-state index in [1.807, 2.05) is 30.3 Å². The van der Waals surface area contributed by atoms with Crippen molar-refractivity contribution in [3.8, 4) is 11.4 Å². The highest BCUT2D eigenvalue weighted by atomic mass is 16.2. The highest BCUT2D eigenvalue weighted by molar-refractivity contribution is 6.14. The van der Waals surface area contributed by atoms with E-state index in [1.165, 1.54) is 6.33 Å². The molecule has 1 amide bonds. The number of hydrogen-bond acceptors (Lipinski definition) is 7. The van der Waals surface area contributed by atoms with Gasteiger partial charge >= 0.3 is 0 Å². The fraction of sp³-hybridized carbons (Fsp3) is 0.273. The summed E-state index contributed by atoms with van der Waals surface area (Å²) in [6.07, 6.45) is 1.44. The van der Waals surface area contributed by atoms with E-state index in [0.717, 1.165) is 31.7 Å². The topological polar surface area (TPSA) is 127 Å². The summed E-state index contributed by atoms with van der Waals surface area (Å²) in [6, 6.07) is 12.7. The Hall–Kier alpha value is -3.56. The lowest BCUT2D eigenvalue weighted by Gasteiger charge is -2.31. The molecule has 1 aliphatic rings. The van der Waals surface area contributed by atoms with Crippen LogP contribution in [0.1, 0.15) is 11.1 Å². The summed E-state index contributed by atoms with van der Waals surface area (Å²) < 4.78 is 0. The van der Waals surface area contributed by atoms with Crippen LogP contribution in [-0.4, -0.2) is 76.4 Å². The number of nitrogens with zero attached hydrogens (tertiary/aromatic N) is 4. The van der Waals surface area contributed by atoms with Crippen LogP contribution in [0.3, 0.4) is 0 Å². The second kappa shape index (κ2) is 9.07. The fourth-order valence-corrected chi connectivity index (χ4v) is 3.58. The fourth-order valence-electron chi connectivity index (χ4n) is 3.58. The van der Waals surface area contributed by atoms with E-state index >= 15 is 0 Å². The molecule has 4 rings (SSSR count). The first-order valence-corrected chi connectivity index (χ1v) is 10.1. The van der Waals surface area contributed by atoms with Crippen molar-refractivity contribution in [2.45, 2.75) is 0 Å². The van der Waals surface area contributed by atoms with Crippen LogP contribution >= 0.6 is 0 Å². The molecular weight excluding hydrogens is 392 g/mol. The Morgan fingerprint density at radius 3 is 2.74 bits per heavy atom. The predicted octanol–water partition coefficient (Wildman–Crippen LogP) is 1.66. The Morgan fingerprint density at radius 1 is 1.19 bits per heavy atom. The molecule has 0 aliphatic carbocycles. The van der Waals surface area contributed by atoms with Crippen LogP contribution < -0.4 is 11.1 Å². The molecule has 9 heteroatoms. The van der Waals surface area contributed by atoms with Crippen LogP contribution in [0.5, 0.6) is 0 Å². The summed E-state index contributed by atoms with van der Waals surface area (Å²) in [5, 5.41) is 18.3. The van der Waals surface area contributed by atoms with Gasteiger partial charge in [-0.1, -0.05) is 12.1 Å². The van der Waals surface area contributed by atoms with Gasteiger partial charge in [0, 0.05) is 54.2 Å². The monoisotopic (exact) mass is 418 g/mol. The van der Waals surface area contributed by atoms with Gasteiger partial charge in [-0.05, 0) is 37.4 Å². The molecule has 5 N–H and O–H groups in total. The van der Waals surface area contributed by atoms with E-state index in [0.29, 0.717) is 34.9 Å². The first-order valence-electron chi connectivity index (χ1n) is 10.1. The molecule has 1 fully saturated rings. The summed E-state index contributed by atoms with van der Waals surface area (Å²) >= 11 is 0. The molecule has 0 saturated carbocycles. The van der Waals surface area contributed by atoms with Gasteiger partial charge in [0.1, 0.15) is 6.33 Å². The van der Waals surface area contributed by atoms with Gasteiger partial charge in [-0.15, -0.1) is 0 Å². The van der Waals surface area contributed by atoms with E-state index in [1.54, 1.807) is 12.1 Å². The Labute approximate surface area is 180 Å². The van der Waals surface area contributed by atoms with Gasteiger partial charge in [0.05, 0.1) is 12.3 Å². The van der Waals surface area contributed by atoms with E-state index in [4.69, 9.17) is 11.1 Å². The number of aromatic nitrogens is 3. The van der Waals surface area contributed by atoms with Crippen molar-refractivity contribution in [2.24, 2.45) is 0 Å². The number of amides is 1. The SMILES string of the molecule is CN1CCN(CC(=O)Nc2cccc(C(=N)c3cc(-c4ncn[nH]4)ccc3N)c2)CC1. The average Bonchev–Trinajstić information content (AvgIpc) is 3.30. The number of nitrogens with two attached hydrogens (primary N) is 1. The zero-order chi connectivity index (χ0) is 21.8. The lowest BCUT2D eigenvalue weighted by molar-refractivity contribution is -0.117. The van der Waals surface area contributed by atoms with Gasteiger partial charge in [-0.2, -0.15) is 5.10 Å². The third-order valence-electron chi connectivity index (χ3n) is 5.41. The Bertz CT molecular complexity index is 1070. The number of aromatic amines is 1. The van der Waals surface area contributed by atoms with Gasteiger partial charge < -0.3 is 16.0 Å². The summed E-state index contributed by atoms with van der Waals surface area (Å²) in [5.41, 5.74) is 9.63. The van der Waals surface area contributed by atoms with Crippen molar-refractivity contribution in [1.82, 2.24) is 25.0 Å². The normalized spacial score (nSPS) is 15.0. The van der Waals surface area contributed by atoms with Crippen molar-refractivity contribution >= 4 is 23.0 Å². The number of hydrogen-bond donors (Lipinski definition) is 4. The van der Waals surface area contributed by atoms with Crippen molar-refractivity contribution in [3.05, 3.63) is 59.9 Å². The molecule has 0 unspecified atom stereocenters. The number of benzene rings is 2. The largest absolute Gasteiger partial charge is 0.398 e. The Morgan fingerprint density at radius 2 is 2.00 bits per heavy atom. The van der Waals surface area contributed by atoms with Crippen molar-refractivity contribution in [1.29, 1.82) is 5.41 Å². The van der Waals surface area contributed by atoms with Gasteiger partial charge in [-0.25, -0.2) is 4.98 Å². The number of nitrogen functional groups attached to an aromatic ring is 1. The predicted molar refractivity (Wildman–Crippen MR) is 121 cm³/mol. The zero-order valence-corrected chi connectivity index (χ0v) is 17.4. The maximum absolute atomic E-state index is 12.5. The average molecular weight is 419 g/mol. The maximum Gasteiger partial charge on any atom is 0.238 e. The molecule has 0 radical (unpaired) electrons. The van der Waals surface area contributed by atoms with Crippen molar-refractivity contribution in [2.75, 3.05) is 50.8 Å². The van der Waals surface area contributed by atoms with Crippen LogP contribution in [0.2, 0.25) is 0 Å². The third kappa shape index (κ3) is 4.96. The standard InChI is InChI=1S/C22H26N8O/c1-29-7-9-30(10-8-29)13-20(31)27-17-4-2-3-15(11-17)21(24)18-12-16(5-6-19(18)23)22-25-14-26-28-22/h2-6,11-12,14,24H,7-10,13,23H2,1H3,(H,27,31)(H,25,26,28). The molecule has 9 nitrogen and oxygen atoms in total. The van der Waals surface area contributed by atoms with E-state index < -0.39 is 0 Å². The van der Waals surface area contributed by atoms with Crippen LogP contribution in [0, 0.1) is 5.41 Å². The summed E-state index contributed by atoms with van der Waals surface area (Å²) in [4.78, 5) is 21.0. The lowest BCUT2D eigenvalue weighted by atomic mass is 9.98. The molecule has 3 aromatic rings. The zero-order valence-electron chi connectivity index (χ0n) is 17.4. The van der Waals surface area contributed by atoms with Crippen LogP contribution in [0.25, 0.3) is 11.4 Å². The highest BCUT2D eigenvalue weighted by Crippen LogP contribution is 2.24. The molecule has 0 spiro atoms. The van der Waals surface area contributed by atoms with Crippen LogP contribution in [-0.2, 0) is 4.79 Å². The second-order valence-corrected chi connectivity index (χ2v) is 7.72. The Kier molecular flexibility index (Phi) is 6.06. The molecule has 0 bridgehead atoms. The molecular formula is C22H26N8O. The van der Waals surface area contributed by atoms with Gasteiger partial charge in [-0.3, -0.25) is 20.2 Å². The third-order valence-corrected chi connectivity index (χ3v) is 5.41. The van der Waals surface area contributed by atoms with E-state index in [2.05, 4.69) is 37.3 Å². The molecule has 31 heavy (non-hydrogen) atoms. The van der Waals surface area contributed by atoms with Gasteiger partial charge in [0.25, 0.3) is 0 Å². The molecule has 2 aromatic carbocycles. The summed E-state index contributed by atoms with van der Waals surface area (Å²) in [7, 11) is 2.09. The minimum Gasteiger partial charge on any atom is -0.398 e. The van der Waals surface area contributed by atoms with Gasteiger partial charge in [0.15, 0.2) is 5.82 Å². The first kappa shape index (κ1) is 20.7. The number of likely N-dealkylation sites (N-methyl/N-ethyl adjacent to an activating group) is 1. The second-order valence-electron chi connectivity index (χ2n) is 7.72. The molecule has 0 atom stereocenters. The van der Waals surface area contributed by atoms with Crippen molar-refractivity contribution < 1.29 is 4.79 Å². The lowest BCUT2D eigenvalue weighted by Crippen LogP contribution is -2.47. The number of rotatable bonds is 6. The number of H-pyrrole nitrogens is 1. The first-order chi connectivity index (χ1) is 15.0. The number of anilines is 2. The number of carbonyl (C=O) groups is 1. The Balaban J connectivity index is 1.47. The number of nitrogens with one attached hydrogen (secondary N) is 3. The highest BCUT2D eigenvalue weighted by Gasteiger charge is 2.17. The summed E-state index contributed by atoms with van der Waals surface area (Å²) in [5.74, 6) is 0.555. The quantitative estimate of drug-likeness (QED) is 0.356. The smallest absolute Gasteiger partial charge is 0.238 e. The molecule has 2 heterocycles. The maximum atomic E-state index is 12.5. The minimum absolute atomic E-state index is 0.0555. The minimum atomic E-state index is -0.0555. The number of piperazine rings is 1. The van der Waals surface area contributed by atoms with Crippen molar-refractivity contribution in [3.63, 3.8) is 0 Å². The van der Waals surface area contributed by atoms with Crippen LogP contribution in [0.4, 0.5) is 11.4 Å². The molecule has 1 aromatic heterocycles. The number of carbonyl (C=O) groups excluding carboxylic acids is 1. The van der Waals surface area contributed by atoms with E-state index in [-0.39, 0.29) is 11.6 Å². The molecule has 1 aliphatic heterocycles. The van der Waals surface area contributed by atoms with Crippen LogP contribution in [0.15, 0.2) is 48.8 Å². The molecule has 160 valence electrons. The summed E-state index contributed by atoms with van der Waals surface area (Å²) in [6.45, 7) is 4.06.